The SMILES string of the molecule is COc1ccc(C2(c3ccc(OCCO[Si](OC(C)(C)C)(OC(C)(C)C)OC(C)(C)C)cc3)C=Cc3c4c(c5cc(N6CCOCC6)c(OC)cc5c3O2)-c2ccccc2C4(C)C)cc1. The maximum atomic E-state index is 7.66. The Morgan fingerprint density at radius 1 is 0.677 bits per heavy atom. The largest absolute Gasteiger partial charge is 0.681 e. The lowest BCUT2D eigenvalue weighted by molar-refractivity contribution is -0.135. The summed E-state index contributed by atoms with van der Waals surface area (Å²) in [4.78, 5) is 2.37. The maximum Gasteiger partial charge on any atom is 0.681 e. The summed E-state index contributed by atoms with van der Waals surface area (Å²) < 4.78 is 57.6. The zero-order valence-electron chi connectivity index (χ0n) is 40.6. The molecule has 2 heterocycles. The second-order valence-electron chi connectivity index (χ2n) is 20.6. The van der Waals surface area contributed by atoms with Gasteiger partial charge in [0.15, 0.2) is 5.60 Å². The fraction of sp³-hybridized carbons (Fsp3) is 0.444. The molecule has 1 saturated heterocycles. The molecule has 8 rings (SSSR count). The molecule has 0 saturated carbocycles. The molecule has 0 spiro atoms. The van der Waals surface area contributed by atoms with Gasteiger partial charge in [-0.05, 0) is 132 Å². The molecule has 10 nitrogen and oxygen atoms in total. The smallest absolute Gasteiger partial charge is 0.497 e. The monoisotopic (exact) mass is 901 g/mol. The molecule has 346 valence electrons. The number of morpholine rings is 1. The maximum absolute atomic E-state index is 7.66. The molecule has 1 atom stereocenters. The fourth-order valence-electron chi connectivity index (χ4n) is 9.40. The normalized spacial score (nSPS) is 18.2. The summed E-state index contributed by atoms with van der Waals surface area (Å²) in [5.41, 5.74) is 6.04. The number of fused-ring (bicyclic) bond motifs is 8. The van der Waals surface area contributed by atoms with Crippen molar-refractivity contribution in [3.8, 4) is 34.1 Å². The van der Waals surface area contributed by atoms with Crippen molar-refractivity contribution in [1.82, 2.24) is 0 Å². The van der Waals surface area contributed by atoms with Crippen LogP contribution in [0.2, 0.25) is 0 Å². The van der Waals surface area contributed by atoms with Crippen LogP contribution in [0.5, 0.6) is 23.0 Å². The minimum Gasteiger partial charge on any atom is -0.497 e. The number of hydrogen-bond acceptors (Lipinski definition) is 10. The Kier molecular flexibility index (Phi) is 12.5. The number of rotatable bonds is 13. The lowest BCUT2D eigenvalue weighted by Crippen LogP contribution is -2.59. The molecule has 0 bridgehead atoms. The predicted molar refractivity (Wildman–Crippen MR) is 261 cm³/mol. The number of benzene rings is 5. The van der Waals surface area contributed by atoms with Crippen LogP contribution in [0, 0.1) is 0 Å². The van der Waals surface area contributed by atoms with E-state index in [1.807, 2.05) is 86.6 Å². The molecule has 1 fully saturated rings. The van der Waals surface area contributed by atoms with Gasteiger partial charge in [0.05, 0.1) is 56.5 Å². The molecular formula is C54H67NO9Si. The van der Waals surface area contributed by atoms with Crippen LogP contribution in [0.15, 0.2) is 91.0 Å². The van der Waals surface area contributed by atoms with E-state index in [9.17, 15) is 0 Å². The Morgan fingerprint density at radius 2 is 1.26 bits per heavy atom. The molecule has 0 amide bonds. The molecule has 3 aliphatic rings. The number of anilines is 1. The molecule has 0 radical (unpaired) electrons. The van der Waals surface area contributed by atoms with Gasteiger partial charge in [-0.3, -0.25) is 0 Å². The van der Waals surface area contributed by atoms with Crippen LogP contribution in [-0.4, -0.2) is 79.6 Å². The quantitative estimate of drug-likeness (QED) is 0.0841. The van der Waals surface area contributed by atoms with Crippen molar-refractivity contribution in [2.24, 2.45) is 0 Å². The van der Waals surface area contributed by atoms with Crippen LogP contribution in [0.1, 0.15) is 104 Å². The standard InChI is InChI=1S/C54H67NO9Si/c1-50(2,3)62-65(63-51(4,5)6,64-52(7,8)9)60-33-32-59-39-24-20-37(21-25-39)54(36-18-22-38(56-12)23-19-36)27-26-41-48-47(40-16-14-15-17-44(40)53(48,10)11)42-34-45(55-28-30-58-31-29-55)46(57-13)35-43(42)49(41)61-54/h14-27,34-35H,28-33H2,1-13H3. The zero-order valence-corrected chi connectivity index (χ0v) is 41.6. The highest BCUT2D eigenvalue weighted by molar-refractivity contribution is 6.54. The third-order valence-corrected chi connectivity index (χ3v) is 15.1. The first-order valence-electron chi connectivity index (χ1n) is 22.8. The van der Waals surface area contributed by atoms with E-state index in [0.717, 1.165) is 63.5 Å². The van der Waals surface area contributed by atoms with Gasteiger partial charge in [-0.25, -0.2) is 0 Å². The Morgan fingerprint density at radius 3 is 1.83 bits per heavy atom. The van der Waals surface area contributed by atoms with Crippen molar-refractivity contribution >= 4 is 31.6 Å². The number of ether oxygens (including phenoxy) is 5. The fourth-order valence-corrected chi connectivity index (χ4v) is 12.3. The zero-order chi connectivity index (χ0) is 46.6. The number of methoxy groups -OCH3 is 2. The minimum atomic E-state index is -3.66. The molecule has 1 aliphatic carbocycles. The first-order chi connectivity index (χ1) is 30.7. The highest BCUT2D eigenvalue weighted by Crippen LogP contribution is 2.59. The van der Waals surface area contributed by atoms with Crippen LogP contribution in [0.3, 0.4) is 0 Å². The molecule has 2 aliphatic heterocycles. The summed E-state index contributed by atoms with van der Waals surface area (Å²) in [5, 5.41) is 2.12. The van der Waals surface area contributed by atoms with Crippen LogP contribution in [0.25, 0.3) is 28.0 Å². The second-order valence-corrected chi connectivity index (χ2v) is 22.5. The van der Waals surface area contributed by atoms with Crippen molar-refractivity contribution in [3.63, 3.8) is 0 Å². The van der Waals surface area contributed by atoms with Crippen molar-refractivity contribution in [3.05, 3.63) is 119 Å². The predicted octanol–water partition coefficient (Wildman–Crippen LogP) is 11.6. The average molecular weight is 902 g/mol. The molecule has 5 aromatic rings. The summed E-state index contributed by atoms with van der Waals surface area (Å²) >= 11 is 0. The lowest BCUT2D eigenvalue weighted by Gasteiger charge is -2.41. The molecule has 0 aromatic heterocycles. The molecule has 1 unspecified atom stereocenters. The van der Waals surface area contributed by atoms with Gasteiger partial charge in [0.25, 0.3) is 0 Å². The van der Waals surface area contributed by atoms with E-state index in [1.165, 1.54) is 22.3 Å². The van der Waals surface area contributed by atoms with E-state index in [0.29, 0.717) is 19.0 Å². The molecule has 65 heavy (non-hydrogen) atoms. The summed E-state index contributed by atoms with van der Waals surface area (Å²) in [7, 11) is -0.224. The van der Waals surface area contributed by atoms with Gasteiger partial charge in [0, 0.05) is 40.6 Å². The van der Waals surface area contributed by atoms with Gasteiger partial charge in [-0.2, -0.15) is 0 Å². The Labute approximate surface area is 387 Å². The van der Waals surface area contributed by atoms with Crippen molar-refractivity contribution in [1.29, 1.82) is 0 Å². The first-order valence-corrected chi connectivity index (χ1v) is 24.4. The van der Waals surface area contributed by atoms with Crippen LogP contribution in [-0.2, 0) is 33.5 Å². The van der Waals surface area contributed by atoms with Gasteiger partial charge in [0.2, 0.25) is 0 Å². The Bertz CT molecular complexity index is 2500. The topological polar surface area (TPSA) is 86.3 Å². The van der Waals surface area contributed by atoms with Crippen molar-refractivity contribution in [2.75, 3.05) is 58.6 Å². The third-order valence-electron chi connectivity index (χ3n) is 11.9. The Hall–Kier alpha value is -4.88. The highest BCUT2D eigenvalue weighted by atomic mass is 28.4. The van der Waals surface area contributed by atoms with Gasteiger partial charge >= 0.3 is 9.05 Å². The van der Waals surface area contributed by atoms with E-state index in [4.69, 9.17) is 41.4 Å². The number of hydrogen-bond donors (Lipinski definition) is 0. The molecule has 5 aromatic carbocycles. The molecular weight excluding hydrogens is 835 g/mol. The van der Waals surface area contributed by atoms with Crippen LogP contribution in [0.4, 0.5) is 5.69 Å². The summed E-state index contributed by atoms with van der Waals surface area (Å²) in [6.45, 7) is 25.8. The van der Waals surface area contributed by atoms with E-state index >= 15 is 0 Å². The van der Waals surface area contributed by atoms with Gasteiger partial charge < -0.3 is 46.3 Å². The summed E-state index contributed by atoms with van der Waals surface area (Å²) in [6, 6.07) is 29.6. The molecule has 0 N–H and O–H groups in total. The van der Waals surface area contributed by atoms with Crippen LogP contribution < -0.4 is 23.8 Å². The van der Waals surface area contributed by atoms with Gasteiger partial charge in [0.1, 0.15) is 29.6 Å². The third kappa shape index (κ3) is 9.42. The van der Waals surface area contributed by atoms with Gasteiger partial charge in [-0.1, -0.05) is 68.5 Å². The Balaban J connectivity index is 1.18. The van der Waals surface area contributed by atoms with Crippen molar-refractivity contribution in [2.45, 2.75) is 104 Å². The lowest BCUT2D eigenvalue weighted by atomic mass is 9.76. The average Bonchev–Trinajstić information content (AvgIpc) is 3.49. The minimum absolute atomic E-state index is 0.197. The highest BCUT2D eigenvalue weighted by Gasteiger charge is 2.54. The summed E-state index contributed by atoms with van der Waals surface area (Å²) in [5.74, 6) is 3.05. The second kappa shape index (κ2) is 17.4. The van der Waals surface area contributed by atoms with Crippen LogP contribution >= 0.6 is 0 Å². The molecule has 11 heteroatoms. The van der Waals surface area contributed by atoms with E-state index < -0.39 is 31.5 Å². The van der Waals surface area contributed by atoms with E-state index in [2.05, 4.69) is 91.6 Å². The number of nitrogens with zero attached hydrogens (tertiary/aromatic N) is 1. The first kappa shape index (κ1) is 46.6. The van der Waals surface area contributed by atoms with Gasteiger partial charge in [-0.15, -0.1) is 0 Å². The van der Waals surface area contributed by atoms with E-state index in [1.54, 1.807) is 14.2 Å². The summed E-state index contributed by atoms with van der Waals surface area (Å²) in [6.07, 6.45) is 4.48. The van der Waals surface area contributed by atoms with E-state index in [-0.39, 0.29) is 18.6 Å². The van der Waals surface area contributed by atoms with Crippen molar-refractivity contribution < 1.29 is 41.4 Å².